The van der Waals surface area contributed by atoms with Crippen LogP contribution in [0.15, 0.2) is 47.4 Å². The van der Waals surface area contributed by atoms with Crippen molar-refractivity contribution in [2.24, 2.45) is 0 Å². The maximum absolute atomic E-state index is 12.8. The van der Waals surface area contributed by atoms with Gasteiger partial charge in [0.1, 0.15) is 24.8 Å². The van der Waals surface area contributed by atoms with Gasteiger partial charge in [0.2, 0.25) is 10.0 Å². The van der Waals surface area contributed by atoms with Gasteiger partial charge in [-0.15, -0.1) is 0 Å². The zero-order valence-corrected chi connectivity index (χ0v) is 16.8. The third kappa shape index (κ3) is 6.27. The molecule has 0 saturated carbocycles. The molecule has 0 aliphatic heterocycles. The van der Waals surface area contributed by atoms with Gasteiger partial charge in [-0.05, 0) is 73.2 Å². The van der Waals surface area contributed by atoms with E-state index in [1.807, 2.05) is 6.07 Å². The van der Waals surface area contributed by atoms with Crippen LogP contribution >= 0.6 is 0 Å². The number of fused-ring (bicyclic) bond motifs is 1. The SMILES string of the molecule is O=C(CCNS(=O)(=O)c1ccc2c(c1)CCCC2)OCCOc1ccc(F)cc1. The average molecular weight is 421 g/mol. The van der Waals surface area contributed by atoms with Crippen LogP contribution in [-0.2, 0) is 32.4 Å². The highest BCUT2D eigenvalue weighted by Crippen LogP contribution is 2.24. The van der Waals surface area contributed by atoms with E-state index in [9.17, 15) is 17.6 Å². The Balaban J connectivity index is 1.38. The van der Waals surface area contributed by atoms with E-state index in [1.165, 1.54) is 29.8 Å². The van der Waals surface area contributed by atoms with Gasteiger partial charge in [-0.1, -0.05) is 6.07 Å². The molecule has 1 aliphatic carbocycles. The van der Waals surface area contributed by atoms with Crippen LogP contribution in [0.5, 0.6) is 5.75 Å². The molecule has 0 bridgehead atoms. The molecule has 0 amide bonds. The molecule has 1 aliphatic rings. The second kappa shape index (κ2) is 9.84. The van der Waals surface area contributed by atoms with Crippen molar-refractivity contribution in [3.8, 4) is 5.75 Å². The number of aryl methyl sites for hydroxylation is 2. The topological polar surface area (TPSA) is 81.7 Å². The summed E-state index contributed by atoms with van der Waals surface area (Å²) in [6, 6.07) is 10.7. The summed E-state index contributed by atoms with van der Waals surface area (Å²) in [5.74, 6) is -0.414. The highest BCUT2D eigenvalue weighted by atomic mass is 32.2. The van der Waals surface area contributed by atoms with Gasteiger partial charge in [-0.25, -0.2) is 17.5 Å². The van der Waals surface area contributed by atoms with Crippen LogP contribution in [0, 0.1) is 5.82 Å². The number of carbonyl (C=O) groups is 1. The summed E-state index contributed by atoms with van der Waals surface area (Å²) < 4.78 is 50.4. The van der Waals surface area contributed by atoms with Crippen molar-refractivity contribution in [2.75, 3.05) is 19.8 Å². The zero-order chi connectivity index (χ0) is 20.7. The van der Waals surface area contributed by atoms with E-state index < -0.39 is 16.0 Å². The molecule has 156 valence electrons. The number of hydrogen-bond acceptors (Lipinski definition) is 5. The fourth-order valence-corrected chi connectivity index (χ4v) is 4.25. The number of esters is 1. The third-order valence-electron chi connectivity index (χ3n) is 4.68. The smallest absolute Gasteiger partial charge is 0.307 e. The van der Waals surface area contributed by atoms with Gasteiger partial charge < -0.3 is 9.47 Å². The largest absolute Gasteiger partial charge is 0.490 e. The summed E-state index contributed by atoms with van der Waals surface area (Å²) in [6.45, 7) is 0.100. The Morgan fingerprint density at radius 1 is 1.00 bits per heavy atom. The lowest BCUT2D eigenvalue weighted by Crippen LogP contribution is -2.27. The normalized spacial score (nSPS) is 13.6. The van der Waals surface area contributed by atoms with Crippen LogP contribution in [-0.4, -0.2) is 34.1 Å². The first-order valence-corrected chi connectivity index (χ1v) is 11.1. The maximum Gasteiger partial charge on any atom is 0.307 e. The van der Waals surface area contributed by atoms with Gasteiger partial charge in [0, 0.05) is 6.54 Å². The van der Waals surface area contributed by atoms with E-state index in [4.69, 9.17) is 9.47 Å². The summed E-state index contributed by atoms with van der Waals surface area (Å²) in [5.41, 5.74) is 2.29. The summed E-state index contributed by atoms with van der Waals surface area (Å²) in [5, 5.41) is 0. The fourth-order valence-electron chi connectivity index (χ4n) is 3.17. The van der Waals surface area contributed by atoms with E-state index in [0.29, 0.717) is 5.75 Å². The van der Waals surface area contributed by atoms with Gasteiger partial charge in [0.15, 0.2) is 0 Å². The number of benzene rings is 2. The molecule has 0 unspecified atom stereocenters. The zero-order valence-electron chi connectivity index (χ0n) is 16.0. The minimum Gasteiger partial charge on any atom is -0.490 e. The number of halogens is 1. The Labute approximate surface area is 170 Å². The molecular weight excluding hydrogens is 397 g/mol. The van der Waals surface area contributed by atoms with Crippen LogP contribution in [0.25, 0.3) is 0 Å². The number of carbonyl (C=O) groups excluding carboxylic acids is 1. The Morgan fingerprint density at radius 3 is 2.48 bits per heavy atom. The lowest BCUT2D eigenvalue weighted by atomic mass is 9.92. The highest BCUT2D eigenvalue weighted by Gasteiger charge is 2.18. The van der Waals surface area contributed by atoms with E-state index >= 15 is 0 Å². The maximum atomic E-state index is 12.8. The molecule has 3 rings (SSSR count). The molecule has 0 radical (unpaired) electrons. The predicted molar refractivity (Wildman–Crippen MR) is 106 cm³/mol. The lowest BCUT2D eigenvalue weighted by Gasteiger charge is -2.16. The Bertz CT molecular complexity index is 944. The molecule has 1 N–H and O–H groups in total. The summed E-state index contributed by atoms with van der Waals surface area (Å²) in [4.78, 5) is 12.0. The van der Waals surface area contributed by atoms with Crippen molar-refractivity contribution in [3.05, 3.63) is 59.4 Å². The monoisotopic (exact) mass is 421 g/mol. The quantitative estimate of drug-likeness (QED) is 0.497. The molecule has 0 heterocycles. The first-order valence-electron chi connectivity index (χ1n) is 9.59. The van der Waals surface area contributed by atoms with Crippen molar-refractivity contribution < 1.29 is 27.1 Å². The summed E-state index contributed by atoms with van der Waals surface area (Å²) >= 11 is 0. The average Bonchev–Trinajstić information content (AvgIpc) is 2.72. The molecule has 29 heavy (non-hydrogen) atoms. The molecular formula is C21H24FNO5S. The molecule has 2 aromatic carbocycles. The van der Waals surface area contributed by atoms with Crippen LogP contribution in [0.4, 0.5) is 4.39 Å². The lowest BCUT2D eigenvalue weighted by molar-refractivity contribution is -0.144. The molecule has 0 spiro atoms. The van der Waals surface area contributed by atoms with Crippen LogP contribution in [0.3, 0.4) is 0 Å². The molecule has 6 nitrogen and oxygen atoms in total. The molecule has 2 aromatic rings. The first-order chi connectivity index (χ1) is 13.9. The van der Waals surface area contributed by atoms with Crippen molar-refractivity contribution in [1.82, 2.24) is 4.72 Å². The summed E-state index contributed by atoms with van der Waals surface area (Å²) in [6.07, 6.45) is 4.00. The Morgan fingerprint density at radius 2 is 1.72 bits per heavy atom. The van der Waals surface area contributed by atoms with Crippen LogP contribution in [0.1, 0.15) is 30.4 Å². The Kier molecular flexibility index (Phi) is 7.22. The van der Waals surface area contributed by atoms with Crippen LogP contribution < -0.4 is 9.46 Å². The molecule has 0 atom stereocenters. The fraction of sp³-hybridized carbons (Fsp3) is 0.381. The first kappa shape index (κ1) is 21.3. The van der Waals surface area contributed by atoms with E-state index in [1.54, 1.807) is 12.1 Å². The number of sulfonamides is 1. The van der Waals surface area contributed by atoms with Crippen molar-refractivity contribution in [1.29, 1.82) is 0 Å². The van der Waals surface area contributed by atoms with E-state index in [-0.39, 0.29) is 36.9 Å². The summed E-state index contributed by atoms with van der Waals surface area (Å²) in [7, 11) is -3.67. The molecule has 0 aromatic heterocycles. The minimum absolute atomic E-state index is 0.0216. The van der Waals surface area contributed by atoms with E-state index in [0.717, 1.165) is 31.2 Å². The van der Waals surface area contributed by atoms with Gasteiger partial charge in [-0.2, -0.15) is 0 Å². The molecule has 8 heteroatoms. The van der Waals surface area contributed by atoms with Crippen molar-refractivity contribution in [3.63, 3.8) is 0 Å². The highest BCUT2D eigenvalue weighted by molar-refractivity contribution is 7.89. The second-order valence-corrected chi connectivity index (χ2v) is 8.58. The van der Waals surface area contributed by atoms with Crippen LogP contribution in [0.2, 0.25) is 0 Å². The van der Waals surface area contributed by atoms with Gasteiger partial charge in [-0.3, -0.25) is 4.79 Å². The van der Waals surface area contributed by atoms with Crippen molar-refractivity contribution in [2.45, 2.75) is 37.0 Å². The second-order valence-electron chi connectivity index (χ2n) is 6.81. The van der Waals surface area contributed by atoms with Gasteiger partial charge >= 0.3 is 5.97 Å². The predicted octanol–water partition coefficient (Wildman–Crippen LogP) is 3.00. The van der Waals surface area contributed by atoms with Gasteiger partial charge in [0.05, 0.1) is 11.3 Å². The molecule has 0 saturated heterocycles. The third-order valence-corrected chi connectivity index (χ3v) is 6.14. The standard InChI is InChI=1S/C21H24FNO5S/c22-18-6-8-19(9-7-18)27-13-14-28-21(24)11-12-23-29(25,26)20-10-5-16-3-1-2-4-17(16)15-20/h5-10,15,23H,1-4,11-14H2. The Hall–Kier alpha value is -2.45. The minimum atomic E-state index is -3.67. The number of hydrogen-bond donors (Lipinski definition) is 1. The van der Waals surface area contributed by atoms with Gasteiger partial charge in [0.25, 0.3) is 0 Å². The van der Waals surface area contributed by atoms with Crippen molar-refractivity contribution >= 4 is 16.0 Å². The van der Waals surface area contributed by atoms with E-state index in [2.05, 4.69) is 4.72 Å². The number of nitrogens with one attached hydrogen (secondary N) is 1. The molecule has 0 fully saturated rings. The number of rotatable bonds is 9. The number of ether oxygens (including phenoxy) is 2.